The Hall–Kier alpha value is -1.93. The maximum absolute atomic E-state index is 12.4. The molecule has 8 heteroatoms. The van der Waals surface area contributed by atoms with E-state index in [0.29, 0.717) is 18.8 Å². The summed E-state index contributed by atoms with van der Waals surface area (Å²) in [5.41, 5.74) is -0.491. The highest BCUT2D eigenvalue weighted by atomic mass is 16.6. The highest BCUT2D eigenvalue weighted by molar-refractivity contribution is 5.68. The van der Waals surface area contributed by atoms with E-state index in [-0.39, 0.29) is 34.5 Å². The van der Waals surface area contributed by atoms with Gasteiger partial charge in [-0.05, 0) is 98.9 Å². The molecule has 2 N–H and O–H groups in total. The third-order valence-electron chi connectivity index (χ3n) is 11.4. The zero-order valence-electron chi connectivity index (χ0n) is 26.3. The summed E-state index contributed by atoms with van der Waals surface area (Å²) in [6.07, 6.45) is 5.59. The van der Waals surface area contributed by atoms with Gasteiger partial charge in [-0.25, -0.2) is 0 Å². The summed E-state index contributed by atoms with van der Waals surface area (Å²) in [5.74, 6) is -0.898. The molecular weight excluding hydrogens is 524 g/mol. The molecule has 0 radical (unpaired) electrons. The first-order valence-electron chi connectivity index (χ1n) is 15.7. The number of fused-ring (bicyclic) bond motifs is 5. The molecule has 0 amide bonds. The van der Waals surface area contributed by atoms with E-state index in [2.05, 4.69) is 33.8 Å². The Bertz CT molecular complexity index is 1050. The zero-order chi connectivity index (χ0) is 30.5. The van der Waals surface area contributed by atoms with E-state index in [1.54, 1.807) is 0 Å². The summed E-state index contributed by atoms with van der Waals surface area (Å²) < 4.78 is 17.5. The van der Waals surface area contributed by atoms with Gasteiger partial charge in [0.15, 0.2) is 0 Å². The standard InChI is InChI=1S/C33H52O8/c1-18(2)9-12-28(37)33(8,38)27-11-10-23-22-17-26(40-20(4)35)29-30(41-21(5)36)25(39-19(3)34)14-16-32(29,7)24(22)13-15-31(23,27)6/h17-18,23-30,37-38H,9-16H2,1-8H3/t23?,24?,25-,26-,27-,28+,29-,30-,31-,32+,33+/m0/s1. The van der Waals surface area contributed by atoms with Gasteiger partial charge in [-0.1, -0.05) is 33.3 Å². The summed E-state index contributed by atoms with van der Waals surface area (Å²) in [6.45, 7) is 14.7. The molecule has 11 atom stereocenters. The van der Waals surface area contributed by atoms with Crippen LogP contribution in [0.2, 0.25) is 0 Å². The third kappa shape index (κ3) is 5.84. The fourth-order valence-electron chi connectivity index (χ4n) is 9.55. The Morgan fingerprint density at radius 1 is 0.902 bits per heavy atom. The second-order valence-electron chi connectivity index (χ2n) is 14.5. The number of esters is 3. The predicted octanol–water partition coefficient (Wildman–Crippen LogP) is 5.13. The summed E-state index contributed by atoms with van der Waals surface area (Å²) in [6, 6.07) is 0. The quantitative estimate of drug-likeness (QED) is 0.232. The molecule has 0 heterocycles. The molecule has 0 saturated heterocycles. The number of carbonyl (C=O) groups excluding carboxylic acids is 3. The van der Waals surface area contributed by atoms with Crippen LogP contribution in [0.5, 0.6) is 0 Å². The van der Waals surface area contributed by atoms with Gasteiger partial charge in [0.05, 0.1) is 11.7 Å². The molecule has 4 rings (SSSR count). The van der Waals surface area contributed by atoms with Gasteiger partial charge in [0.1, 0.15) is 18.3 Å². The molecular formula is C33H52O8. The van der Waals surface area contributed by atoms with Crippen molar-refractivity contribution >= 4 is 17.9 Å². The van der Waals surface area contributed by atoms with Crippen LogP contribution in [0.15, 0.2) is 11.6 Å². The van der Waals surface area contributed by atoms with Crippen LogP contribution in [-0.4, -0.2) is 58.1 Å². The number of carbonyl (C=O) groups is 3. The highest BCUT2D eigenvalue weighted by Crippen LogP contribution is 2.68. The second-order valence-corrected chi connectivity index (χ2v) is 14.5. The van der Waals surface area contributed by atoms with Gasteiger partial charge < -0.3 is 24.4 Å². The topological polar surface area (TPSA) is 119 Å². The first kappa shape index (κ1) is 32.0. The lowest BCUT2D eigenvalue weighted by molar-refractivity contribution is -0.205. The molecule has 4 aliphatic carbocycles. The van der Waals surface area contributed by atoms with Crippen LogP contribution in [0, 0.1) is 40.4 Å². The molecule has 41 heavy (non-hydrogen) atoms. The number of hydrogen-bond donors (Lipinski definition) is 2. The Kier molecular flexibility index (Phi) is 9.08. The molecule has 3 saturated carbocycles. The molecule has 3 fully saturated rings. The fraction of sp³-hybridized carbons (Fsp3) is 0.848. The van der Waals surface area contributed by atoms with Gasteiger partial charge >= 0.3 is 17.9 Å². The lowest BCUT2D eigenvalue weighted by Crippen LogP contribution is -2.62. The first-order valence-corrected chi connectivity index (χ1v) is 15.7. The van der Waals surface area contributed by atoms with E-state index in [4.69, 9.17) is 14.2 Å². The molecule has 0 aromatic rings. The van der Waals surface area contributed by atoms with Crippen molar-refractivity contribution in [2.75, 3.05) is 0 Å². The highest BCUT2D eigenvalue weighted by Gasteiger charge is 2.65. The van der Waals surface area contributed by atoms with Crippen molar-refractivity contribution in [2.24, 2.45) is 40.4 Å². The van der Waals surface area contributed by atoms with Crippen molar-refractivity contribution in [3.8, 4) is 0 Å². The maximum atomic E-state index is 12.4. The lowest BCUT2D eigenvalue weighted by atomic mass is 9.46. The average Bonchev–Trinajstić information content (AvgIpc) is 3.21. The van der Waals surface area contributed by atoms with Crippen molar-refractivity contribution < 1.29 is 38.8 Å². The van der Waals surface area contributed by atoms with E-state index in [1.807, 2.05) is 6.92 Å². The van der Waals surface area contributed by atoms with Crippen molar-refractivity contribution in [3.05, 3.63) is 11.6 Å². The van der Waals surface area contributed by atoms with Crippen LogP contribution in [0.4, 0.5) is 0 Å². The van der Waals surface area contributed by atoms with Gasteiger partial charge in [-0.3, -0.25) is 14.4 Å². The third-order valence-corrected chi connectivity index (χ3v) is 11.4. The van der Waals surface area contributed by atoms with Crippen LogP contribution in [-0.2, 0) is 28.6 Å². The van der Waals surface area contributed by atoms with Gasteiger partial charge in [-0.2, -0.15) is 0 Å². The average molecular weight is 577 g/mol. The largest absolute Gasteiger partial charge is 0.459 e. The van der Waals surface area contributed by atoms with E-state index in [0.717, 1.165) is 38.5 Å². The van der Waals surface area contributed by atoms with E-state index < -0.39 is 47.9 Å². The van der Waals surface area contributed by atoms with Gasteiger partial charge in [-0.15, -0.1) is 0 Å². The summed E-state index contributed by atoms with van der Waals surface area (Å²) in [7, 11) is 0. The van der Waals surface area contributed by atoms with E-state index in [9.17, 15) is 24.6 Å². The lowest BCUT2D eigenvalue weighted by Gasteiger charge is -2.60. The fourth-order valence-corrected chi connectivity index (χ4v) is 9.55. The normalized spacial score (nSPS) is 40.3. The molecule has 2 unspecified atom stereocenters. The first-order chi connectivity index (χ1) is 19.0. The number of allylic oxidation sites excluding steroid dienone is 1. The summed E-state index contributed by atoms with van der Waals surface area (Å²) >= 11 is 0. The van der Waals surface area contributed by atoms with Gasteiger partial charge in [0.2, 0.25) is 0 Å². The Morgan fingerprint density at radius 2 is 1.49 bits per heavy atom. The minimum atomic E-state index is -1.20. The van der Waals surface area contributed by atoms with Crippen molar-refractivity contribution in [2.45, 2.75) is 137 Å². The number of ether oxygens (including phenoxy) is 3. The number of aliphatic hydroxyl groups is 2. The smallest absolute Gasteiger partial charge is 0.303 e. The molecule has 0 bridgehead atoms. The van der Waals surface area contributed by atoms with Crippen molar-refractivity contribution in [3.63, 3.8) is 0 Å². The number of aliphatic hydroxyl groups excluding tert-OH is 1. The maximum Gasteiger partial charge on any atom is 0.303 e. The molecule has 8 nitrogen and oxygen atoms in total. The van der Waals surface area contributed by atoms with E-state index in [1.165, 1.54) is 26.3 Å². The minimum absolute atomic E-state index is 0.0600. The van der Waals surface area contributed by atoms with Crippen LogP contribution < -0.4 is 0 Å². The van der Waals surface area contributed by atoms with Crippen LogP contribution in [0.3, 0.4) is 0 Å². The minimum Gasteiger partial charge on any atom is -0.459 e. The van der Waals surface area contributed by atoms with Crippen molar-refractivity contribution in [1.82, 2.24) is 0 Å². The van der Waals surface area contributed by atoms with Crippen LogP contribution in [0.1, 0.15) is 107 Å². The molecule has 0 spiro atoms. The number of rotatable bonds is 8. The molecule has 232 valence electrons. The second kappa shape index (κ2) is 11.6. The van der Waals surface area contributed by atoms with Gasteiger partial charge in [0.25, 0.3) is 0 Å². The number of hydrogen-bond acceptors (Lipinski definition) is 8. The van der Waals surface area contributed by atoms with Crippen molar-refractivity contribution in [1.29, 1.82) is 0 Å². The summed E-state index contributed by atoms with van der Waals surface area (Å²) in [5, 5.41) is 22.9. The Labute approximate surface area is 245 Å². The SMILES string of the molecule is CC(=O)O[C@@H]1[C@@H]2[C@@H](OC(C)=O)C=C3C4CC[C@H]([C@@](C)(O)[C@H](O)CCC(C)C)[C@@]4(C)CCC3[C@@]2(C)CC[C@@H]1OC(C)=O. The molecule has 0 aromatic heterocycles. The monoisotopic (exact) mass is 576 g/mol. The molecule has 4 aliphatic rings. The summed E-state index contributed by atoms with van der Waals surface area (Å²) in [4.78, 5) is 36.6. The molecule has 0 aliphatic heterocycles. The van der Waals surface area contributed by atoms with Crippen LogP contribution >= 0.6 is 0 Å². The van der Waals surface area contributed by atoms with Gasteiger partial charge in [0, 0.05) is 26.7 Å². The van der Waals surface area contributed by atoms with Crippen LogP contribution in [0.25, 0.3) is 0 Å². The predicted molar refractivity (Wildman–Crippen MR) is 153 cm³/mol. The zero-order valence-corrected chi connectivity index (χ0v) is 26.3. The molecule has 0 aromatic carbocycles. The Morgan fingerprint density at radius 3 is 2.07 bits per heavy atom. The Balaban J connectivity index is 1.72. The van der Waals surface area contributed by atoms with E-state index >= 15 is 0 Å².